The van der Waals surface area contributed by atoms with Crippen molar-refractivity contribution in [3.05, 3.63) is 30.3 Å². The first-order valence-corrected chi connectivity index (χ1v) is 50.8. The van der Waals surface area contributed by atoms with Crippen molar-refractivity contribution in [1.82, 2.24) is 0 Å². The van der Waals surface area contributed by atoms with Crippen LogP contribution in [0.4, 0.5) is 0 Å². The third-order valence-corrected chi connectivity index (χ3v) is 44.0. The van der Waals surface area contributed by atoms with Gasteiger partial charge in [-0.05, 0) is 472 Å². The molecular formula is C107H192O9S. The topological polar surface area (TPSA) is 176 Å². The van der Waals surface area contributed by atoms with Gasteiger partial charge in [-0.3, -0.25) is 0 Å². The van der Waals surface area contributed by atoms with Crippen LogP contribution in [-0.2, 0) is 9.84 Å². The average Bonchev–Trinajstić information content (AvgIpc) is 1.68. The van der Waals surface area contributed by atoms with Crippen LogP contribution in [0.2, 0.25) is 0 Å². The van der Waals surface area contributed by atoms with Crippen LogP contribution in [0.3, 0.4) is 0 Å². The smallest absolute Gasteiger partial charge is 0.181 e. The maximum atomic E-state index is 14.5. The van der Waals surface area contributed by atoms with Gasteiger partial charge in [0.2, 0.25) is 0 Å². The van der Waals surface area contributed by atoms with E-state index in [0.29, 0.717) is 62.1 Å². The van der Waals surface area contributed by atoms with Crippen molar-refractivity contribution in [2.45, 2.75) is 479 Å². The molecule has 680 valence electrons. The molecule has 1 aromatic carbocycles. The number of sulfone groups is 1. The van der Waals surface area contributed by atoms with Crippen molar-refractivity contribution in [2.24, 2.45) is 157 Å². The van der Waals surface area contributed by atoms with Crippen LogP contribution in [0.5, 0.6) is 0 Å². The van der Waals surface area contributed by atoms with Gasteiger partial charge in [0, 0.05) is 7.11 Å². The highest BCUT2D eigenvalue weighted by Crippen LogP contribution is 2.73. The fourth-order valence-corrected chi connectivity index (χ4v) is 36.3. The zero-order chi connectivity index (χ0) is 81.5. The summed E-state index contributed by atoms with van der Waals surface area (Å²) in [6, 6.07) is 9.09. The van der Waals surface area contributed by atoms with Gasteiger partial charge in [0.25, 0.3) is 0 Å². The molecule has 0 heterocycles. The summed E-state index contributed by atoms with van der Waals surface area (Å²) in [5, 5.41) is 73.4. The Bertz CT molecular complexity index is 3240. The normalized spacial score (nSPS) is 48.5. The molecule has 10 heteroatoms. The Labute approximate surface area is 722 Å². The predicted octanol–water partition coefficient (Wildman–Crippen LogP) is 27.0. The van der Waals surface area contributed by atoms with Crippen LogP contribution in [-0.4, -0.2) is 90.1 Å². The van der Waals surface area contributed by atoms with Crippen LogP contribution in [0.25, 0.3) is 0 Å². The van der Waals surface area contributed by atoms with E-state index < -0.39 is 37.5 Å². The number of aliphatic hydroxyl groups excluding tert-OH is 1. The monoisotopic (exact) mass is 1650 g/mol. The zero-order valence-electron chi connectivity index (χ0n) is 75.7. The van der Waals surface area contributed by atoms with Gasteiger partial charge in [0.1, 0.15) is 0 Å². The van der Waals surface area contributed by atoms with Gasteiger partial charge in [-0.1, -0.05) is 150 Å². The fraction of sp³-hybridized carbons (Fsp3) is 0.944. The largest absolute Gasteiger partial charge is 0.400 e. The lowest BCUT2D eigenvalue weighted by atomic mass is 9.43. The number of hydrogen-bond donors (Lipinski definition) is 7. The highest BCUT2D eigenvalue weighted by molar-refractivity contribution is 7.92. The SMILES string of the molecule is C.C.C.C.CCC1CCC(O)(CC([C@@H](C)[C@H]2CC[C@H]3[C@@H]4CC[C@H]5C[C@@](C)(O)CC[C@]5(C)[C@H]4CC[C@]23C)S(=O)(=O)c2ccccc2)CC1.CCC1CCC(O)(CC[C@@H](C)[C@H]2CC[C@H]3[C@@H]4CC[C@H]5C[C@@](C)(O)CC[C@]5(C)[C@H]4CC[C@]23C)CC1.CCC1CCC(O)(CC[C@@H](C)[C@H]2CC[C@H]3[C@@H]4CC[C@H]5C[C@@](C)(O)CC[C@]5(C)[C@H]4CC[C@]23C)CC1.CO. The summed E-state index contributed by atoms with van der Waals surface area (Å²) in [6.45, 7) is 36.1. The van der Waals surface area contributed by atoms with Gasteiger partial charge in [0.15, 0.2) is 9.84 Å². The Morgan fingerprint density at radius 3 is 0.949 bits per heavy atom. The number of hydrogen-bond acceptors (Lipinski definition) is 9. The molecule has 0 aliphatic heterocycles. The third-order valence-electron chi connectivity index (χ3n) is 41.7. The second kappa shape index (κ2) is 38.1. The van der Waals surface area contributed by atoms with E-state index in [1.54, 1.807) is 12.1 Å². The van der Waals surface area contributed by atoms with Crippen molar-refractivity contribution in [3.8, 4) is 0 Å². The summed E-state index contributed by atoms with van der Waals surface area (Å²) in [5.41, 5.74) is -0.524. The second-order valence-electron chi connectivity index (χ2n) is 47.5. The van der Waals surface area contributed by atoms with E-state index in [4.69, 9.17) is 5.11 Å². The molecule has 1 unspecified atom stereocenters. The molecule has 1 aromatic rings. The van der Waals surface area contributed by atoms with E-state index in [9.17, 15) is 39.1 Å². The van der Waals surface area contributed by atoms with Gasteiger partial charge >= 0.3 is 0 Å². The predicted molar refractivity (Wildman–Crippen MR) is 492 cm³/mol. The molecule has 0 saturated heterocycles. The van der Waals surface area contributed by atoms with Gasteiger partial charge in [-0.2, -0.15) is 0 Å². The van der Waals surface area contributed by atoms with Crippen molar-refractivity contribution in [2.75, 3.05) is 7.11 Å². The summed E-state index contributed by atoms with van der Waals surface area (Å²) < 4.78 is 29.0. The summed E-state index contributed by atoms with van der Waals surface area (Å²) in [4.78, 5) is 0.417. The maximum Gasteiger partial charge on any atom is 0.181 e. The summed E-state index contributed by atoms with van der Waals surface area (Å²) >= 11 is 0. The molecular weight excluding hydrogens is 1460 g/mol. The van der Waals surface area contributed by atoms with E-state index in [1.165, 1.54) is 173 Å². The standard InChI is InChI=1S/C38H60O4S.2C32H56O2.CH4O.4CH4/c1-6-27-16-20-38(40,21-17-27)25-34(43(41,42)29-10-8-7-9-11-29)26(2)31-14-15-32-30-13-12-28-24-35(3,39)22-23-36(28,4)33(30)18-19-37(31,32)5;2*1-6-23-12-17-32(34,18-13-23)16-11-22(2)26-9-10-27-25-8-7-24-21-29(3,33)19-20-30(24,4)28(25)14-15-31(26,27)5;1-2;;;;/h7-11,26-28,30-34,39-40H,6,12-25H2,1-5H3;2*22-28,33-34H,6-21H2,1-5H3;2H,1H3;4*1H4/t26-,27?,28-,30-,31+,32-,33-,34?,35-,36-,37+,38?;2*22-,23?,24+,25+,26-,27+,28+,29+,30+,31-,32?;;;;;/m011...../s1. The molecule has 15 aliphatic rings. The molecule has 28 atom stereocenters. The molecule has 15 saturated carbocycles. The fourth-order valence-electron chi connectivity index (χ4n) is 34.1. The molecule has 0 aromatic heterocycles. The lowest BCUT2D eigenvalue weighted by Gasteiger charge is -2.62. The summed E-state index contributed by atoms with van der Waals surface area (Å²) in [6.07, 6.45) is 55.0. The van der Waals surface area contributed by atoms with Crippen LogP contribution < -0.4 is 0 Å². The van der Waals surface area contributed by atoms with Crippen molar-refractivity contribution in [1.29, 1.82) is 0 Å². The first-order chi connectivity index (χ1) is 53.2. The first kappa shape index (κ1) is 99.7. The van der Waals surface area contributed by atoms with Crippen LogP contribution in [0.15, 0.2) is 35.2 Å². The lowest BCUT2D eigenvalue weighted by Crippen LogP contribution is -2.56. The molecule has 0 radical (unpaired) electrons. The van der Waals surface area contributed by atoms with Crippen LogP contribution >= 0.6 is 0 Å². The van der Waals surface area contributed by atoms with Crippen molar-refractivity contribution >= 4 is 9.84 Å². The second-order valence-corrected chi connectivity index (χ2v) is 49.6. The first-order valence-electron chi connectivity index (χ1n) is 49.3. The molecule has 0 bridgehead atoms. The molecule has 117 heavy (non-hydrogen) atoms. The molecule has 7 N–H and O–H groups in total. The minimum atomic E-state index is -3.60. The van der Waals surface area contributed by atoms with Crippen LogP contribution in [0, 0.1) is 157 Å². The van der Waals surface area contributed by atoms with Crippen LogP contribution in [0.1, 0.15) is 435 Å². The lowest BCUT2D eigenvalue weighted by molar-refractivity contribution is -0.148. The van der Waals surface area contributed by atoms with E-state index >= 15 is 0 Å². The van der Waals surface area contributed by atoms with Gasteiger partial charge in [-0.25, -0.2) is 8.42 Å². The van der Waals surface area contributed by atoms with Gasteiger partial charge in [0.05, 0.1) is 43.8 Å². The van der Waals surface area contributed by atoms with E-state index in [1.807, 2.05) is 25.1 Å². The van der Waals surface area contributed by atoms with Crippen molar-refractivity contribution in [3.63, 3.8) is 0 Å². The highest BCUT2D eigenvalue weighted by atomic mass is 32.2. The number of benzene rings is 1. The van der Waals surface area contributed by atoms with Crippen molar-refractivity contribution < 1.29 is 44.2 Å². The highest BCUT2D eigenvalue weighted by Gasteiger charge is 2.66. The minimum absolute atomic E-state index is 0. The quantitative estimate of drug-likeness (QED) is 0.0800. The molecule has 15 fully saturated rings. The Hall–Kier alpha value is -1.11. The molecule has 9 nitrogen and oxygen atoms in total. The molecule has 0 spiro atoms. The zero-order valence-corrected chi connectivity index (χ0v) is 76.5. The van der Waals surface area contributed by atoms with Gasteiger partial charge in [-0.15, -0.1) is 0 Å². The number of fused-ring (bicyclic) bond motifs is 15. The van der Waals surface area contributed by atoms with E-state index in [2.05, 4.69) is 96.9 Å². The Balaban J connectivity index is 0.000000197. The molecule has 0 amide bonds. The van der Waals surface area contributed by atoms with E-state index in [0.717, 1.165) is 224 Å². The molecule has 15 aliphatic carbocycles. The Morgan fingerprint density at radius 2 is 0.632 bits per heavy atom. The Morgan fingerprint density at radius 1 is 0.342 bits per heavy atom. The average molecular weight is 1650 g/mol. The van der Waals surface area contributed by atoms with Gasteiger partial charge < -0.3 is 35.7 Å². The minimum Gasteiger partial charge on any atom is -0.400 e. The summed E-state index contributed by atoms with van der Waals surface area (Å²) in [5.74, 6) is 15.6. The number of aliphatic hydroxyl groups is 7. The Kier molecular flexibility index (Phi) is 32.4. The maximum absolute atomic E-state index is 14.5. The van der Waals surface area contributed by atoms with E-state index in [-0.39, 0.29) is 52.2 Å². The number of rotatable bonds is 17. The third kappa shape index (κ3) is 19.5. The summed E-state index contributed by atoms with van der Waals surface area (Å²) in [7, 11) is -2.60. The molecule has 16 rings (SSSR count).